The summed E-state index contributed by atoms with van der Waals surface area (Å²) in [6, 6.07) is 11.2. The molecule has 1 heterocycles. The minimum atomic E-state index is -0.209. The maximum atomic E-state index is 9.33. The molecular formula is C14H15ClO3. The van der Waals surface area contributed by atoms with Crippen LogP contribution in [0.25, 0.3) is 0 Å². The molecule has 0 fully saturated rings. The lowest BCUT2D eigenvalue weighted by atomic mass is 10.1. The van der Waals surface area contributed by atoms with Crippen LogP contribution in [0.1, 0.15) is 17.2 Å². The topological polar surface area (TPSA) is 42.6 Å². The number of benzene rings is 1. The third-order valence-electron chi connectivity index (χ3n) is 2.69. The Morgan fingerprint density at radius 1 is 1.22 bits per heavy atom. The number of aryl methyl sites for hydroxylation is 1. The van der Waals surface area contributed by atoms with E-state index in [9.17, 15) is 5.11 Å². The Hall–Kier alpha value is -1.45. The summed E-state index contributed by atoms with van der Waals surface area (Å²) in [6.45, 7) is 2.32. The summed E-state index contributed by atoms with van der Waals surface area (Å²) in [4.78, 5) is 0. The number of halogens is 1. The highest BCUT2D eigenvalue weighted by atomic mass is 35.5. The minimum Gasteiger partial charge on any atom is -0.493 e. The fourth-order valence-electron chi connectivity index (χ4n) is 1.60. The van der Waals surface area contributed by atoms with E-state index in [0.717, 1.165) is 5.75 Å². The molecule has 0 radical (unpaired) electrons. The third kappa shape index (κ3) is 3.28. The summed E-state index contributed by atoms with van der Waals surface area (Å²) < 4.78 is 10.9. The normalized spacial score (nSPS) is 12.4. The first kappa shape index (κ1) is 13.0. The molecule has 1 aromatic heterocycles. The van der Waals surface area contributed by atoms with Gasteiger partial charge >= 0.3 is 0 Å². The van der Waals surface area contributed by atoms with Crippen LogP contribution in [0.4, 0.5) is 0 Å². The van der Waals surface area contributed by atoms with Gasteiger partial charge in [-0.1, -0.05) is 17.7 Å². The second-order valence-electron chi connectivity index (χ2n) is 4.15. The highest BCUT2D eigenvalue weighted by molar-refractivity contribution is 6.28. The molecule has 0 aliphatic rings. The molecular weight excluding hydrogens is 252 g/mol. The van der Waals surface area contributed by atoms with E-state index >= 15 is 0 Å². The van der Waals surface area contributed by atoms with Crippen molar-refractivity contribution in [3.63, 3.8) is 0 Å². The Morgan fingerprint density at radius 3 is 2.50 bits per heavy atom. The lowest BCUT2D eigenvalue weighted by Crippen LogP contribution is -2.13. The number of hydrogen-bond acceptors (Lipinski definition) is 3. The van der Waals surface area contributed by atoms with E-state index in [4.69, 9.17) is 20.8 Å². The van der Waals surface area contributed by atoms with Crippen molar-refractivity contribution in [2.24, 2.45) is 0 Å². The van der Waals surface area contributed by atoms with Crippen LogP contribution >= 0.6 is 11.6 Å². The number of aliphatic hydroxyl groups excluding tert-OH is 1. The maximum absolute atomic E-state index is 9.33. The number of rotatable bonds is 5. The first-order valence-corrected chi connectivity index (χ1v) is 6.12. The lowest BCUT2D eigenvalue weighted by Gasteiger charge is -2.13. The van der Waals surface area contributed by atoms with Gasteiger partial charge in [0, 0.05) is 0 Å². The van der Waals surface area contributed by atoms with Gasteiger partial charge in [0.15, 0.2) is 5.22 Å². The molecule has 0 saturated carbocycles. The number of furan rings is 1. The van der Waals surface area contributed by atoms with Crippen molar-refractivity contribution in [1.29, 1.82) is 0 Å². The molecule has 1 aromatic carbocycles. The van der Waals surface area contributed by atoms with E-state index in [2.05, 4.69) is 0 Å². The van der Waals surface area contributed by atoms with Crippen LogP contribution in [0.3, 0.4) is 0 Å². The summed E-state index contributed by atoms with van der Waals surface area (Å²) in [5.74, 6) is 1.20. The molecule has 3 nitrogen and oxygen atoms in total. The fraction of sp³-hybridized carbons (Fsp3) is 0.286. The Morgan fingerprint density at radius 2 is 1.94 bits per heavy atom. The van der Waals surface area contributed by atoms with Crippen LogP contribution in [0.5, 0.6) is 5.75 Å². The molecule has 0 aliphatic carbocycles. The van der Waals surface area contributed by atoms with Crippen molar-refractivity contribution in [2.75, 3.05) is 13.2 Å². The number of aliphatic hydroxyl groups is 1. The number of ether oxygens (including phenoxy) is 1. The van der Waals surface area contributed by atoms with Crippen LogP contribution in [0.2, 0.25) is 5.22 Å². The second-order valence-corrected chi connectivity index (χ2v) is 4.52. The summed E-state index contributed by atoms with van der Waals surface area (Å²) in [5, 5.41) is 9.65. The van der Waals surface area contributed by atoms with Crippen molar-refractivity contribution >= 4 is 11.6 Å². The zero-order valence-electron chi connectivity index (χ0n) is 10.1. The molecule has 0 saturated heterocycles. The third-order valence-corrected chi connectivity index (χ3v) is 2.89. The van der Waals surface area contributed by atoms with Crippen molar-refractivity contribution in [1.82, 2.24) is 0 Å². The zero-order chi connectivity index (χ0) is 13.0. The van der Waals surface area contributed by atoms with E-state index in [1.54, 1.807) is 12.1 Å². The average molecular weight is 267 g/mol. The molecule has 0 bridgehead atoms. The SMILES string of the molecule is Cc1ccc(OCC(CO)c2ccc(Cl)o2)cc1. The Balaban J connectivity index is 1.97. The predicted molar refractivity (Wildman–Crippen MR) is 70.2 cm³/mol. The van der Waals surface area contributed by atoms with E-state index < -0.39 is 0 Å². The number of hydrogen-bond donors (Lipinski definition) is 1. The van der Waals surface area contributed by atoms with Crippen LogP contribution in [0.15, 0.2) is 40.8 Å². The van der Waals surface area contributed by atoms with Crippen molar-refractivity contribution in [3.05, 3.63) is 52.9 Å². The van der Waals surface area contributed by atoms with E-state index in [1.807, 2.05) is 31.2 Å². The molecule has 0 amide bonds. The molecule has 1 atom stereocenters. The van der Waals surface area contributed by atoms with E-state index in [0.29, 0.717) is 17.6 Å². The van der Waals surface area contributed by atoms with Gasteiger partial charge in [0.2, 0.25) is 0 Å². The van der Waals surface area contributed by atoms with Gasteiger partial charge in [0.25, 0.3) is 0 Å². The Bertz CT molecular complexity index is 490. The summed E-state index contributed by atoms with van der Waals surface area (Å²) >= 11 is 5.71. The first-order valence-electron chi connectivity index (χ1n) is 5.74. The highest BCUT2D eigenvalue weighted by Gasteiger charge is 2.15. The fourth-order valence-corrected chi connectivity index (χ4v) is 1.76. The van der Waals surface area contributed by atoms with Crippen molar-refractivity contribution in [3.8, 4) is 5.75 Å². The highest BCUT2D eigenvalue weighted by Crippen LogP contribution is 2.22. The smallest absolute Gasteiger partial charge is 0.193 e. The van der Waals surface area contributed by atoms with Gasteiger partial charge < -0.3 is 14.3 Å². The largest absolute Gasteiger partial charge is 0.493 e. The molecule has 0 aliphatic heterocycles. The van der Waals surface area contributed by atoms with Crippen LogP contribution in [0, 0.1) is 6.92 Å². The Labute approximate surface area is 111 Å². The van der Waals surface area contributed by atoms with Gasteiger partial charge in [-0.05, 0) is 42.8 Å². The molecule has 18 heavy (non-hydrogen) atoms. The van der Waals surface area contributed by atoms with Crippen molar-refractivity contribution < 1.29 is 14.3 Å². The summed E-state index contributed by atoms with van der Waals surface area (Å²) in [6.07, 6.45) is 0. The summed E-state index contributed by atoms with van der Waals surface area (Å²) in [7, 11) is 0. The lowest BCUT2D eigenvalue weighted by molar-refractivity contribution is 0.190. The first-order chi connectivity index (χ1) is 8.69. The minimum absolute atomic E-state index is 0.0459. The molecule has 96 valence electrons. The quantitative estimate of drug-likeness (QED) is 0.902. The van der Waals surface area contributed by atoms with Gasteiger partial charge in [-0.3, -0.25) is 0 Å². The van der Waals surface area contributed by atoms with Crippen LogP contribution in [-0.4, -0.2) is 18.3 Å². The van der Waals surface area contributed by atoms with Gasteiger partial charge in [-0.15, -0.1) is 0 Å². The van der Waals surface area contributed by atoms with Crippen LogP contribution in [-0.2, 0) is 0 Å². The molecule has 1 unspecified atom stereocenters. The molecule has 2 rings (SSSR count). The zero-order valence-corrected chi connectivity index (χ0v) is 10.9. The molecule has 1 N–H and O–H groups in total. The van der Waals surface area contributed by atoms with Gasteiger partial charge in [-0.2, -0.15) is 0 Å². The molecule has 4 heteroatoms. The summed E-state index contributed by atoms with van der Waals surface area (Å²) in [5.41, 5.74) is 1.18. The van der Waals surface area contributed by atoms with Crippen molar-refractivity contribution in [2.45, 2.75) is 12.8 Å². The van der Waals surface area contributed by atoms with Gasteiger partial charge in [-0.25, -0.2) is 0 Å². The Kier molecular flexibility index (Phi) is 4.28. The van der Waals surface area contributed by atoms with E-state index in [-0.39, 0.29) is 12.5 Å². The predicted octanol–water partition coefficient (Wildman–Crippen LogP) is 3.40. The van der Waals surface area contributed by atoms with Crippen LogP contribution < -0.4 is 4.74 Å². The van der Waals surface area contributed by atoms with Gasteiger partial charge in [0.1, 0.15) is 18.1 Å². The molecule has 0 spiro atoms. The average Bonchev–Trinajstić information content (AvgIpc) is 2.79. The maximum Gasteiger partial charge on any atom is 0.193 e. The standard InChI is InChI=1S/C14H15ClO3/c1-10-2-4-12(5-3-10)17-9-11(8-16)13-6-7-14(15)18-13/h2-7,11,16H,8-9H2,1H3. The monoisotopic (exact) mass is 266 g/mol. The molecule has 2 aromatic rings. The van der Waals surface area contributed by atoms with Gasteiger partial charge in [0.05, 0.1) is 12.5 Å². The van der Waals surface area contributed by atoms with E-state index in [1.165, 1.54) is 5.56 Å². The second kappa shape index (κ2) is 5.94.